The zero-order valence-corrected chi connectivity index (χ0v) is 12.3. The number of hydrogen-bond donors (Lipinski definition) is 1. The average molecular weight is 257 g/mol. The summed E-state index contributed by atoms with van der Waals surface area (Å²) in [7, 11) is 0. The highest BCUT2D eigenvalue weighted by Gasteiger charge is 2.30. The van der Waals surface area contributed by atoms with Crippen molar-refractivity contribution in [1.82, 2.24) is 5.32 Å². The second-order valence-electron chi connectivity index (χ2n) is 6.49. The van der Waals surface area contributed by atoms with Gasteiger partial charge >= 0.3 is 0 Å². The maximum atomic E-state index is 5.44. The lowest BCUT2D eigenvalue weighted by Gasteiger charge is -2.38. The first kappa shape index (κ1) is 13.7. The molecule has 3 heteroatoms. The Morgan fingerprint density at radius 3 is 2.65 bits per heavy atom. The van der Waals surface area contributed by atoms with Gasteiger partial charge in [0.25, 0.3) is 0 Å². The van der Waals surface area contributed by atoms with Gasteiger partial charge in [0.1, 0.15) is 0 Å². The van der Waals surface area contributed by atoms with Crippen LogP contribution in [0, 0.1) is 11.3 Å². The zero-order chi connectivity index (χ0) is 12.3. The van der Waals surface area contributed by atoms with Crippen LogP contribution in [0.1, 0.15) is 40.0 Å². The summed E-state index contributed by atoms with van der Waals surface area (Å²) in [5, 5.41) is 3.87. The standard InChI is InChI=1S/C14H27NOS/c1-11(12-4-6-16-7-5-12)15-13-8-14(2,3)10-17-9-13/h11-13,15H,4-10H2,1-3H3. The van der Waals surface area contributed by atoms with Crippen LogP contribution in [-0.4, -0.2) is 36.8 Å². The van der Waals surface area contributed by atoms with Crippen molar-refractivity contribution in [3.05, 3.63) is 0 Å². The third-order valence-corrected chi connectivity index (χ3v) is 5.71. The molecule has 1 N–H and O–H groups in total. The van der Waals surface area contributed by atoms with Crippen molar-refractivity contribution in [2.45, 2.75) is 52.1 Å². The lowest BCUT2D eigenvalue weighted by atomic mass is 9.86. The lowest BCUT2D eigenvalue weighted by Crippen LogP contribution is -2.47. The maximum absolute atomic E-state index is 5.44. The van der Waals surface area contributed by atoms with Gasteiger partial charge in [-0.1, -0.05) is 13.8 Å². The Labute approximate surface area is 110 Å². The van der Waals surface area contributed by atoms with E-state index in [4.69, 9.17) is 4.74 Å². The fourth-order valence-electron chi connectivity index (χ4n) is 3.09. The van der Waals surface area contributed by atoms with Crippen LogP contribution in [0.15, 0.2) is 0 Å². The molecule has 2 aliphatic heterocycles. The molecule has 2 saturated heterocycles. The topological polar surface area (TPSA) is 21.3 Å². The fraction of sp³-hybridized carbons (Fsp3) is 1.00. The molecule has 0 aromatic rings. The SMILES string of the molecule is CC(NC1CSCC(C)(C)C1)C1CCOCC1. The Morgan fingerprint density at radius 1 is 1.29 bits per heavy atom. The molecule has 0 spiro atoms. The van der Waals surface area contributed by atoms with Crippen LogP contribution in [0.2, 0.25) is 0 Å². The van der Waals surface area contributed by atoms with Gasteiger partial charge in [-0.15, -0.1) is 0 Å². The van der Waals surface area contributed by atoms with Crippen LogP contribution in [-0.2, 0) is 4.74 Å². The number of thioether (sulfide) groups is 1. The summed E-state index contributed by atoms with van der Waals surface area (Å²) in [6.07, 6.45) is 3.79. The predicted molar refractivity (Wildman–Crippen MR) is 75.7 cm³/mol. The lowest BCUT2D eigenvalue weighted by molar-refractivity contribution is 0.0539. The highest BCUT2D eigenvalue weighted by Crippen LogP contribution is 2.34. The van der Waals surface area contributed by atoms with Crippen LogP contribution in [0.4, 0.5) is 0 Å². The molecule has 2 fully saturated rings. The second-order valence-corrected chi connectivity index (χ2v) is 7.52. The Hall–Kier alpha value is 0.270. The van der Waals surface area contributed by atoms with E-state index in [-0.39, 0.29) is 0 Å². The molecule has 0 aromatic heterocycles. The van der Waals surface area contributed by atoms with Gasteiger partial charge in [-0.2, -0.15) is 11.8 Å². The van der Waals surface area contributed by atoms with Crippen LogP contribution in [0.3, 0.4) is 0 Å². The molecule has 2 aliphatic rings. The normalized spacial score (nSPS) is 32.3. The molecule has 0 aliphatic carbocycles. The van der Waals surface area contributed by atoms with Gasteiger partial charge in [-0.05, 0) is 43.3 Å². The summed E-state index contributed by atoms with van der Waals surface area (Å²) >= 11 is 2.11. The predicted octanol–water partition coefficient (Wildman–Crippen LogP) is 2.92. The second kappa shape index (κ2) is 5.94. The van der Waals surface area contributed by atoms with E-state index in [9.17, 15) is 0 Å². The highest BCUT2D eigenvalue weighted by molar-refractivity contribution is 7.99. The molecule has 2 atom stereocenters. The molecule has 2 heterocycles. The van der Waals surface area contributed by atoms with E-state index in [1.165, 1.54) is 30.8 Å². The van der Waals surface area contributed by atoms with Crippen LogP contribution in [0.25, 0.3) is 0 Å². The molecule has 0 saturated carbocycles. The molecule has 0 bridgehead atoms. The summed E-state index contributed by atoms with van der Waals surface area (Å²) in [5.41, 5.74) is 0.510. The quantitative estimate of drug-likeness (QED) is 0.840. The van der Waals surface area contributed by atoms with Gasteiger partial charge in [0.05, 0.1) is 0 Å². The molecular weight excluding hydrogens is 230 g/mol. The van der Waals surface area contributed by atoms with Gasteiger partial charge in [0.15, 0.2) is 0 Å². The van der Waals surface area contributed by atoms with E-state index in [0.717, 1.165) is 19.1 Å². The smallest absolute Gasteiger partial charge is 0.0469 e. The molecule has 2 nitrogen and oxygen atoms in total. The molecule has 100 valence electrons. The summed E-state index contributed by atoms with van der Waals surface area (Å²) in [4.78, 5) is 0. The van der Waals surface area contributed by atoms with Crippen molar-refractivity contribution in [2.24, 2.45) is 11.3 Å². The zero-order valence-electron chi connectivity index (χ0n) is 11.5. The molecule has 2 unspecified atom stereocenters. The number of ether oxygens (including phenoxy) is 1. The number of nitrogens with one attached hydrogen (secondary N) is 1. The summed E-state index contributed by atoms with van der Waals surface area (Å²) in [5.74, 6) is 3.42. The largest absolute Gasteiger partial charge is 0.381 e. The Kier molecular flexibility index (Phi) is 4.79. The van der Waals surface area contributed by atoms with Gasteiger partial charge in [-0.25, -0.2) is 0 Å². The number of rotatable bonds is 3. The van der Waals surface area contributed by atoms with E-state index in [0.29, 0.717) is 17.5 Å². The minimum absolute atomic E-state index is 0.510. The third-order valence-electron chi connectivity index (χ3n) is 4.08. The third kappa shape index (κ3) is 4.15. The minimum atomic E-state index is 0.510. The molecule has 17 heavy (non-hydrogen) atoms. The van der Waals surface area contributed by atoms with E-state index in [1.807, 2.05) is 0 Å². The molecular formula is C14H27NOS. The van der Waals surface area contributed by atoms with Gasteiger partial charge < -0.3 is 10.1 Å². The van der Waals surface area contributed by atoms with Gasteiger partial charge in [0.2, 0.25) is 0 Å². The van der Waals surface area contributed by atoms with Crippen molar-refractivity contribution in [2.75, 3.05) is 24.7 Å². The minimum Gasteiger partial charge on any atom is -0.381 e. The monoisotopic (exact) mass is 257 g/mol. The number of hydrogen-bond acceptors (Lipinski definition) is 3. The molecule has 0 amide bonds. The van der Waals surface area contributed by atoms with Gasteiger partial charge in [-0.3, -0.25) is 0 Å². The van der Waals surface area contributed by atoms with Gasteiger partial charge in [0, 0.05) is 31.1 Å². The van der Waals surface area contributed by atoms with Crippen LogP contribution >= 0.6 is 11.8 Å². The first-order chi connectivity index (χ1) is 8.07. The van der Waals surface area contributed by atoms with Crippen molar-refractivity contribution in [3.8, 4) is 0 Å². The average Bonchev–Trinajstić information content (AvgIpc) is 2.29. The van der Waals surface area contributed by atoms with E-state index in [2.05, 4.69) is 37.8 Å². The first-order valence-corrected chi connectivity index (χ1v) is 8.14. The van der Waals surface area contributed by atoms with Crippen molar-refractivity contribution in [3.63, 3.8) is 0 Å². The van der Waals surface area contributed by atoms with E-state index >= 15 is 0 Å². The molecule has 0 radical (unpaired) electrons. The molecule has 0 aromatic carbocycles. The maximum Gasteiger partial charge on any atom is 0.0469 e. The summed E-state index contributed by atoms with van der Waals surface area (Å²) in [6.45, 7) is 9.07. The fourth-order valence-corrected chi connectivity index (χ4v) is 4.38. The summed E-state index contributed by atoms with van der Waals surface area (Å²) in [6, 6.07) is 1.36. The van der Waals surface area contributed by atoms with Crippen LogP contribution in [0.5, 0.6) is 0 Å². The molecule has 2 rings (SSSR count). The van der Waals surface area contributed by atoms with Crippen molar-refractivity contribution in [1.29, 1.82) is 0 Å². The Bertz CT molecular complexity index is 238. The van der Waals surface area contributed by atoms with E-state index in [1.54, 1.807) is 0 Å². The first-order valence-electron chi connectivity index (χ1n) is 6.98. The summed E-state index contributed by atoms with van der Waals surface area (Å²) < 4.78 is 5.44. The van der Waals surface area contributed by atoms with Crippen LogP contribution < -0.4 is 5.32 Å². The van der Waals surface area contributed by atoms with Crippen molar-refractivity contribution >= 4 is 11.8 Å². The Morgan fingerprint density at radius 2 is 2.00 bits per heavy atom. The Balaban J connectivity index is 1.79. The highest BCUT2D eigenvalue weighted by atomic mass is 32.2. The van der Waals surface area contributed by atoms with E-state index < -0.39 is 0 Å². The van der Waals surface area contributed by atoms with Crippen molar-refractivity contribution < 1.29 is 4.74 Å².